The van der Waals surface area contributed by atoms with Gasteiger partial charge in [-0.15, -0.1) is 24.8 Å². The number of hydrogen-bond acceptors (Lipinski definition) is 3. The van der Waals surface area contributed by atoms with E-state index in [1.165, 1.54) is 12.8 Å². The summed E-state index contributed by atoms with van der Waals surface area (Å²) in [6.45, 7) is 11.3. The van der Waals surface area contributed by atoms with Crippen LogP contribution in [-0.2, 0) is 10.3 Å². The first-order chi connectivity index (χ1) is 10.7. The van der Waals surface area contributed by atoms with Crippen molar-refractivity contribution in [1.29, 1.82) is 0 Å². The topological polar surface area (TPSA) is 58.4 Å². The number of nitrogens with one attached hydrogen (secondary N) is 1. The van der Waals surface area contributed by atoms with Crippen LogP contribution in [0.4, 0.5) is 0 Å². The molecule has 3 N–H and O–H groups in total. The van der Waals surface area contributed by atoms with Gasteiger partial charge in [0.05, 0.1) is 0 Å². The maximum Gasteiger partial charge on any atom is 0.244 e. The van der Waals surface area contributed by atoms with Crippen molar-refractivity contribution in [2.75, 3.05) is 19.6 Å². The number of likely N-dealkylation sites (tertiary alicyclic amines) is 1. The highest BCUT2D eigenvalue weighted by Crippen LogP contribution is 2.24. The van der Waals surface area contributed by atoms with Gasteiger partial charge in [-0.05, 0) is 51.6 Å². The van der Waals surface area contributed by atoms with Crippen LogP contribution in [0, 0.1) is 5.92 Å². The Kier molecular flexibility index (Phi) is 9.45. The number of amides is 1. The Balaban J connectivity index is 0.00000288. The van der Waals surface area contributed by atoms with Gasteiger partial charge < -0.3 is 11.1 Å². The minimum atomic E-state index is -1.01. The Labute approximate surface area is 164 Å². The summed E-state index contributed by atoms with van der Waals surface area (Å²) in [7, 11) is 0. The fourth-order valence-corrected chi connectivity index (χ4v) is 3.25. The van der Waals surface area contributed by atoms with Gasteiger partial charge in [0.25, 0.3) is 0 Å². The number of halogens is 2. The number of hydrogen-bond donors (Lipinski definition) is 2. The molecule has 0 bridgehead atoms. The second-order valence-electron chi connectivity index (χ2n) is 7.76. The lowest BCUT2D eigenvalue weighted by atomic mass is 9.91. The number of carbonyl (C=O) groups excluding carboxylic acids is 1. The van der Waals surface area contributed by atoms with Crippen LogP contribution in [0.3, 0.4) is 0 Å². The zero-order valence-corrected chi connectivity index (χ0v) is 17.4. The molecule has 1 heterocycles. The van der Waals surface area contributed by atoms with Crippen LogP contribution < -0.4 is 11.1 Å². The third-order valence-corrected chi connectivity index (χ3v) is 5.04. The molecule has 2 unspecified atom stereocenters. The van der Waals surface area contributed by atoms with Crippen molar-refractivity contribution >= 4 is 30.7 Å². The highest BCUT2D eigenvalue weighted by Gasteiger charge is 2.34. The van der Waals surface area contributed by atoms with E-state index in [0.29, 0.717) is 6.54 Å². The molecular weight excluding hydrogens is 357 g/mol. The van der Waals surface area contributed by atoms with Gasteiger partial charge in [-0.2, -0.15) is 0 Å². The van der Waals surface area contributed by atoms with Crippen molar-refractivity contribution in [2.24, 2.45) is 11.7 Å². The quantitative estimate of drug-likeness (QED) is 0.811. The van der Waals surface area contributed by atoms with Crippen molar-refractivity contribution < 1.29 is 4.79 Å². The largest absolute Gasteiger partial charge is 0.352 e. The molecule has 1 saturated heterocycles. The van der Waals surface area contributed by atoms with Gasteiger partial charge in [-0.25, -0.2) is 0 Å². The van der Waals surface area contributed by atoms with E-state index >= 15 is 0 Å². The van der Waals surface area contributed by atoms with Crippen LogP contribution in [0.2, 0.25) is 0 Å². The summed E-state index contributed by atoms with van der Waals surface area (Å²) in [4.78, 5) is 15.1. The van der Waals surface area contributed by atoms with Crippen LogP contribution in [0.15, 0.2) is 30.3 Å². The predicted octanol–water partition coefficient (Wildman–Crippen LogP) is 3.33. The SMILES string of the molecule is CC1CCCN(C(C)(C)CNC(=O)C(C)(N)c2ccccc2)C1.Cl.Cl. The Bertz CT molecular complexity index is 535. The maximum absolute atomic E-state index is 12.6. The Morgan fingerprint density at radius 2 is 1.84 bits per heavy atom. The highest BCUT2D eigenvalue weighted by molar-refractivity contribution is 5.87. The van der Waals surface area contributed by atoms with E-state index in [4.69, 9.17) is 5.73 Å². The average molecular weight is 390 g/mol. The van der Waals surface area contributed by atoms with E-state index in [-0.39, 0.29) is 36.3 Å². The molecule has 0 saturated carbocycles. The van der Waals surface area contributed by atoms with Crippen LogP contribution in [0.1, 0.15) is 46.1 Å². The van der Waals surface area contributed by atoms with Crippen LogP contribution in [0.5, 0.6) is 0 Å². The third kappa shape index (κ3) is 6.14. The molecule has 1 aromatic carbocycles. The Morgan fingerprint density at radius 3 is 2.40 bits per heavy atom. The lowest BCUT2D eigenvalue weighted by Crippen LogP contribution is -2.57. The minimum absolute atomic E-state index is 0. The summed E-state index contributed by atoms with van der Waals surface area (Å²) in [5.41, 5.74) is 6.06. The van der Waals surface area contributed by atoms with Crippen LogP contribution >= 0.6 is 24.8 Å². The van der Waals surface area contributed by atoms with Gasteiger partial charge in [0.2, 0.25) is 5.91 Å². The lowest BCUT2D eigenvalue weighted by molar-refractivity contribution is -0.126. The first-order valence-electron chi connectivity index (χ1n) is 8.61. The van der Waals surface area contributed by atoms with Crippen molar-refractivity contribution in [1.82, 2.24) is 10.2 Å². The summed E-state index contributed by atoms with van der Waals surface area (Å²) >= 11 is 0. The molecule has 1 amide bonds. The summed E-state index contributed by atoms with van der Waals surface area (Å²) in [6, 6.07) is 9.55. The first-order valence-corrected chi connectivity index (χ1v) is 8.61. The molecule has 1 fully saturated rings. The number of benzene rings is 1. The minimum Gasteiger partial charge on any atom is -0.352 e. The second kappa shape index (κ2) is 9.77. The molecule has 25 heavy (non-hydrogen) atoms. The van der Waals surface area contributed by atoms with E-state index in [0.717, 1.165) is 24.6 Å². The summed E-state index contributed by atoms with van der Waals surface area (Å²) in [5, 5.41) is 3.07. The number of nitrogens with two attached hydrogens (primary N) is 1. The van der Waals surface area contributed by atoms with Crippen molar-refractivity contribution in [3.63, 3.8) is 0 Å². The van der Waals surface area contributed by atoms with Crippen LogP contribution in [0.25, 0.3) is 0 Å². The summed E-state index contributed by atoms with van der Waals surface area (Å²) < 4.78 is 0. The van der Waals surface area contributed by atoms with Crippen molar-refractivity contribution in [3.05, 3.63) is 35.9 Å². The molecule has 1 aliphatic heterocycles. The van der Waals surface area contributed by atoms with E-state index < -0.39 is 5.54 Å². The molecule has 6 heteroatoms. The van der Waals surface area contributed by atoms with Crippen LogP contribution in [-0.4, -0.2) is 36.0 Å². The van der Waals surface area contributed by atoms with E-state index in [1.807, 2.05) is 30.3 Å². The van der Waals surface area contributed by atoms with Gasteiger partial charge in [0, 0.05) is 18.6 Å². The molecule has 0 aliphatic carbocycles. The number of rotatable bonds is 5. The maximum atomic E-state index is 12.6. The second-order valence-corrected chi connectivity index (χ2v) is 7.76. The number of nitrogens with zero attached hydrogens (tertiary/aromatic N) is 1. The first kappa shape index (κ1) is 24.2. The smallest absolute Gasteiger partial charge is 0.244 e. The average Bonchev–Trinajstić information content (AvgIpc) is 2.53. The van der Waals surface area contributed by atoms with E-state index in [1.54, 1.807) is 6.92 Å². The van der Waals surface area contributed by atoms with Crippen molar-refractivity contribution in [3.8, 4) is 0 Å². The Morgan fingerprint density at radius 1 is 1.24 bits per heavy atom. The molecule has 2 atom stereocenters. The molecular formula is C19H33Cl2N3O. The molecule has 0 aromatic heterocycles. The fraction of sp³-hybridized carbons (Fsp3) is 0.632. The predicted molar refractivity (Wildman–Crippen MR) is 110 cm³/mol. The normalized spacial score (nSPS) is 20.6. The molecule has 2 rings (SSSR count). The van der Waals surface area contributed by atoms with Gasteiger partial charge in [-0.3, -0.25) is 9.69 Å². The molecule has 1 aliphatic rings. The standard InChI is InChI=1S/C19H31N3O.2ClH/c1-15-9-8-12-22(13-15)18(2,3)14-21-17(23)19(4,20)16-10-6-5-7-11-16;;/h5-7,10-11,15H,8-9,12-14,20H2,1-4H3,(H,21,23);2*1H. The summed E-state index contributed by atoms with van der Waals surface area (Å²) in [5.74, 6) is 0.602. The van der Waals surface area contributed by atoms with Gasteiger partial charge >= 0.3 is 0 Å². The van der Waals surface area contributed by atoms with Crippen molar-refractivity contribution in [2.45, 2.75) is 51.6 Å². The van der Waals surface area contributed by atoms with E-state index in [9.17, 15) is 4.79 Å². The third-order valence-electron chi connectivity index (χ3n) is 5.04. The van der Waals surface area contributed by atoms with Gasteiger partial charge in [0.1, 0.15) is 5.54 Å². The zero-order chi connectivity index (χ0) is 17.1. The molecule has 0 radical (unpaired) electrons. The molecule has 4 nitrogen and oxygen atoms in total. The fourth-order valence-electron chi connectivity index (χ4n) is 3.25. The number of piperidine rings is 1. The lowest BCUT2D eigenvalue weighted by Gasteiger charge is -2.43. The highest BCUT2D eigenvalue weighted by atomic mass is 35.5. The van der Waals surface area contributed by atoms with Gasteiger partial charge in [-0.1, -0.05) is 37.3 Å². The van der Waals surface area contributed by atoms with E-state index in [2.05, 4.69) is 31.0 Å². The molecule has 0 spiro atoms. The number of carbonyl (C=O) groups is 1. The molecule has 144 valence electrons. The monoisotopic (exact) mass is 389 g/mol. The summed E-state index contributed by atoms with van der Waals surface area (Å²) in [6.07, 6.45) is 2.53. The molecule has 1 aromatic rings. The Hall–Kier alpha value is -0.810. The zero-order valence-electron chi connectivity index (χ0n) is 15.7. The van der Waals surface area contributed by atoms with Gasteiger partial charge in [0.15, 0.2) is 0 Å².